The van der Waals surface area contributed by atoms with Gasteiger partial charge in [0.1, 0.15) is 0 Å². The molecule has 0 radical (unpaired) electrons. The molecule has 2 amide bonds. The third-order valence-electron chi connectivity index (χ3n) is 4.13. The molecule has 3 atom stereocenters. The van der Waals surface area contributed by atoms with Gasteiger partial charge in [0.2, 0.25) is 0 Å². The van der Waals surface area contributed by atoms with E-state index >= 15 is 0 Å². The zero-order valence-electron chi connectivity index (χ0n) is 11.6. The van der Waals surface area contributed by atoms with E-state index in [2.05, 4.69) is 5.32 Å². The maximum atomic E-state index is 12.2. The van der Waals surface area contributed by atoms with Gasteiger partial charge in [0.15, 0.2) is 9.84 Å². The van der Waals surface area contributed by atoms with E-state index in [0.29, 0.717) is 13.0 Å². The van der Waals surface area contributed by atoms with Gasteiger partial charge in [0, 0.05) is 13.1 Å². The summed E-state index contributed by atoms with van der Waals surface area (Å²) in [5.74, 6) is -1.53. The molecular weight excluding hydrogens is 284 g/mol. The highest BCUT2D eigenvalue weighted by Gasteiger charge is 2.42. The molecule has 0 aromatic heterocycles. The van der Waals surface area contributed by atoms with Crippen molar-refractivity contribution >= 4 is 21.8 Å². The van der Waals surface area contributed by atoms with Gasteiger partial charge in [-0.05, 0) is 19.3 Å². The van der Waals surface area contributed by atoms with E-state index in [1.54, 1.807) is 13.8 Å². The minimum absolute atomic E-state index is 0.0580. The van der Waals surface area contributed by atoms with Gasteiger partial charge in [-0.25, -0.2) is 13.2 Å². The van der Waals surface area contributed by atoms with Crippen molar-refractivity contribution in [2.24, 2.45) is 11.8 Å². The minimum Gasteiger partial charge on any atom is -0.481 e. The van der Waals surface area contributed by atoms with Crippen LogP contribution in [0.3, 0.4) is 0 Å². The predicted octanol–water partition coefficient (Wildman–Crippen LogP) is -0.0743. The first-order chi connectivity index (χ1) is 9.12. The van der Waals surface area contributed by atoms with Crippen molar-refractivity contribution in [2.75, 3.05) is 24.6 Å². The molecule has 1 unspecified atom stereocenters. The zero-order valence-corrected chi connectivity index (χ0v) is 12.4. The van der Waals surface area contributed by atoms with Crippen LogP contribution in [0.2, 0.25) is 0 Å². The lowest BCUT2D eigenvalue weighted by atomic mass is 9.99. The van der Waals surface area contributed by atoms with E-state index in [9.17, 15) is 18.0 Å². The van der Waals surface area contributed by atoms with Gasteiger partial charge in [-0.3, -0.25) is 4.79 Å². The van der Waals surface area contributed by atoms with E-state index in [-0.39, 0.29) is 30.0 Å². The second-order valence-corrected chi connectivity index (χ2v) is 8.34. The summed E-state index contributed by atoms with van der Waals surface area (Å²) in [7, 11) is -3.09. The Bertz CT molecular complexity index is 532. The Labute approximate surface area is 118 Å². The molecule has 0 aliphatic carbocycles. The van der Waals surface area contributed by atoms with Crippen molar-refractivity contribution in [1.82, 2.24) is 10.2 Å². The number of hydrogen-bond donors (Lipinski definition) is 2. The molecule has 2 fully saturated rings. The number of amides is 2. The van der Waals surface area contributed by atoms with Crippen molar-refractivity contribution in [1.29, 1.82) is 0 Å². The number of carbonyl (C=O) groups is 2. The van der Waals surface area contributed by atoms with Crippen molar-refractivity contribution < 1.29 is 23.1 Å². The number of nitrogens with one attached hydrogen (secondary N) is 1. The third-order valence-corrected chi connectivity index (χ3v) is 6.03. The fourth-order valence-corrected chi connectivity index (χ4v) is 4.99. The number of hydrogen-bond acceptors (Lipinski definition) is 4. The standard InChI is InChI=1S/C12H20N2O5S/c1-8-5-14(6-9(8)10(15)16)11(17)13-12(2)3-4-20(18,19)7-12/h8-9H,3-7H2,1-2H3,(H,13,17)(H,15,16)/t8-,9-,12?/m1/s1. The number of rotatable bonds is 2. The number of sulfone groups is 1. The molecule has 8 heteroatoms. The van der Waals surface area contributed by atoms with Gasteiger partial charge >= 0.3 is 12.0 Å². The Balaban J connectivity index is 1.98. The van der Waals surface area contributed by atoms with E-state index in [1.807, 2.05) is 0 Å². The number of carboxylic acid groups (broad SMARTS) is 1. The molecule has 2 heterocycles. The van der Waals surface area contributed by atoms with Crippen LogP contribution in [-0.2, 0) is 14.6 Å². The molecule has 2 rings (SSSR count). The lowest BCUT2D eigenvalue weighted by Crippen LogP contribution is -2.52. The highest BCUT2D eigenvalue weighted by Crippen LogP contribution is 2.26. The minimum atomic E-state index is -3.09. The lowest BCUT2D eigenvalue weighted by molar-refractivity contribution is -0.142. The second-order valence-electron chi connectivity index (χ2n) is 6.16. The summed E-state index contributed by atoms with van der Waals surface area (Å²) < 4.78 is 23.0. The fourth-order valence-electron chi connectivity index (χ4n) is 2.90. The molecule has 0 bridgehead atoms. The normalized spacial score (nSPS) is 36.0. The van der Waals surface area contributed by atoms with E-state index < -0.39 is 27.3 Å². The smallest absolute Gasteiger partial charge is 0.317 e. The molecule has 114 valence electrons. The summed E-state index contributed by atoms with van der Waals surface area (Å²) >= 11 is 0. The molecule has 0 aromatic rings. The monoisotopic (exact) mass is 304 g/mol. The SMILES string of the molecule is C[C@@H]1CN(C(=O)NC2(C)CCS(=O)(=O)C2)C[C@H]1C(=O)O. The summed E-state index contributed by atoms with van der Waals surface area (Å²) in [6.07, 6.45) is 0.396. The number of aliphatic carboxylic acids is 1. The number of nitrogens with zero attached hydrogens (tertiary/aromatic N) is 1. The molecule has 2 aliphatic rings. The Hall–Kier alpha value is -1.31. The van der Waals surface area contributed by atoms with Crippen molar-refractivity contribution in [3.63, 3.8) is 0 Å². The van der Waals surface area contributed by atoms with E-state index in [1.165, 1.54) is 4.90 Å². The third kappa shape index (κ3) is 3.05. The number of likely N-dealkylation sites (tertiary alicyclic amines) is 1. The molecule has 0 aromatic carbocycles. The first-order valence-electron chi connectivity index (χ1n) is 6.62. The van der Waals surface area contributed by atoms with Gasteiger partial charge in [-0.1, -0.05) is 6.92 Å². The van der Waals surface area contributed by atoms with Crippen LogP contribution < -0.4 is 5.32 Å². The van der Waals surface area contributed by atoms with Crippen LogP contribution in [0.5, 0.6) is 0 Å². The second kappa shape index (κ2) is 4.91. The summed E-state index contributed by atoms with van der Waals surface area (Å²) in [5, 5.41) is 11.8. The van der Waals surface area contributed by atoms with Crippen molar-refractivity contribution in [2.45, 2.75) is 25.8 Å². The summed E-state index contributed by atoms with van der Waals surface area (Å²) in [4.78, 5) is 24.7. The molecule has 2 N–H and O–H groups in total. The van der Waals surface area contributed by atoms with Crippen LogP contribution in [0.15, 0.2) is 0 Å². The van der Waals surface area contributed by atoms with Crippen LogP contribution in [-0.4, -0.2) is 60.6 Å². The van der Waals surface area contributed by atoms with Crippen LogP contribution >= 0.6 is 0 Å². The van der Waals surface area contributed by atoms with Crippen molar-refractivity contribution in [3.05, 3.63) is 0 Å². The largest absolute Gasteiger partial charge is 0.481 e. The molecule has 20 heavy (non-hydrogen) atoms. The van der Waals surface area contributed by atoms with E-state index in [4.69, 9.17) is 5.11 Å². The fraction of sp³-hybridized carbons (Fsp3) is 0.833. The highest BCUT2D eigenvalue weighted by molar-refractivity contribution is 7.91. The Morgan fingerprint density at radius 2 is 2.00 bits per heavy atom. The lowest BCUT2D eigenvalue weighted by Gasteiger charge is -2.27. The number of urea groups is 1. The zero-order chi connectivity index (χ0) is 15.1. The molecule has 7 nitrogen and oxygen atoms in total. The number of carbonyl (C=O) groups excluding carboxylic acids is 1. The van der Waals surface area contributed by atoms with E-state index in [0.717, 1.165) is 0 Å². The predicted molar refractivity (Wildman–Crippen MR) is 72.1 cm³/mol. The Morgan fingerprint density at radius 1 is 1.35 bits per heavy atom. The van der Waals surface area contributed by atoms with Crippen LogP contribution in [0.4, 0.5) is 4.79 Å². The quantitative estimate of drug-likeness (QED) is 0.743. The summed E-state index contributed by atoms with van der Waals surface area (Å²) in [5.41, 5.74) is -0.750. The number of carboxylic acids is 1. The van der Waals surface area contributed by atoms with Gasteiger partial charge in [-0.2, -0.15) is 0 Å². The average molecular weight is 304 g/mol. The van der Waals surface area contributed by atoms with Gasteiger partial charge in [0.05, 0.1) is 23.0 Å². The van der Waals surface area contributed by atoms with Crippen LogP contribution in [0.25, 0.3) is 0 Å². The van der Waals surface area contributed by atoms with Gasteiger partial charge in [-0.15, -0.1) is 0 Å². The molecule has 0 saturated carbocycles. The Kier molecular flexibility index (Phi) is 3.70. The molecule has 2 aliphatic heterocycles. The van der Waals surface area contributed by atoms with Crippen LogP contribution in [0, 0.1) is 11.8 Å². The van der Waals surface area contributed by atoms with Gasteiger partial charge < -0.3 is 15.3 Å². The summed E-state index contributed by atoms with van der Waals surface area (Å²) in [6, 6.07) is -0.375. The Morgan fingerprint density at radius 3 is 2.45 bits per heavy atom. The van der Waals surface area contributed by atoms with Gasteiger partial charge in [0.25, 0.3) is 0 Å². The maximum Gasteiger partial charge on any atom is 0.317 e. The van der Waals surface area contributed by atoms with Crippen LogP contribution in [0.1, 0.15) is 20.3 Å². The highest BCUT2D eigenvalue weighted by atomic mass is 32.2. The first kappa shape index (κ1) is 15.1. The maximum absolute atomic E-state index is 12.2. The topological polar surface area (TPSA) is 104 Å². The molecule has 0 spiro atoms. The summed E-state index contributed by atoms with van der Waals surface area (Å²) in [6.45, 7) is 4.06. The first-order valence-corrected chi connectivity index (χ1v) is 8.44. The van der Waals surface area contributed by atoms with Crippen molar-refractivity contribution in [3.8, 4) is 0 Å². The molecular formula is C12H20N2O5S. The molecule has 2 saturated heterocycles. The average Bonchev–Trinajstić information content (AvgIpc) is 2.79.